The first-order chi connectivity index (χ1) is 32.6. The quantitative estimate of drug-likeness (QED) is 0.125. The van der Waals surface area contributed by atoms with Gasteiger partial charge in [0.25, 0.3) is 0 Å². The monoisotopic (exact) mass is 838 g/mol. The third-order valence-electron chi connectivity index (χ3n) is 13.9. The highest BCUT2D eigenvalue weighted by Crippen LogP contribution is 2.44. The first-order valence-corrected chi connectivity index (χ1v) is 22.8. The van der Waals surface area contributed by atoms with Gasteiger partial charge in [0.2, 0.25) is 0 Å². The standard InChI is InChI=1S/C64H42N2/c1-39-15-3-14-26-62(39)65-40(2)41-27-29-42(30-28-41)57-37-61-58(43-31-33-54-49-20-6-4-16-45(49)47-18-8-10-22-51(47)59(54)35-43)38-63(66-64(61)56-25-13-12-24-53(56)57)44-32-34-55-50-21-7-5-17-46(50)48-19-9-11-23-52(48)60(55)36-44/h3-38H,1-2H3/b65-40+. The fourth-order valence-corrected chi connectivity index (χ4v) is 10.6. The number of pyridine rings is 1. The second kappa shape index (κ2) is 15.1. The Kier molecular flexibility index (Phi) is 8.69. The van der Waals surface area contributed by atoms with Crippen molar-refractivity contribution in [2.75, 3.05) is 0 Å². The van der Waals surface area contributed by atoms with E-state index in [1.807, 2.05) is 6.07 Å². The van der Waals surface area contributed by atoms with Crippen LogP contribution in [0.3, 0.4) is 0 Å². The molecule has 0 bridgehead atoms. The average molecular weight is 839 g/mol. The van der Waals surface area contributed by atoms with E-state index in [0.29, 0.717) is 0 Å². The van der Waals surface area contributed by atoms with E-state index in [-0.39, 0.29) is 0 Å². The van der Waals surface area contributed by atoms with Crippen LogP contribution in [0.25, 0.3) is 120 Å². The lowest BCUT2D eigenvalue weighted by Crippen LogP contribution is -1.96. The molecule has 2 heteroatoms. The second-order valence-electron chi connectivity index (χ2n) is 17.7. The molecule has 0 fully saturated rings. The first-order valence-electron chi connectivity index (χ1n) is 22.8. The van der Waals surface area contributed by atoms with Gasteiger partial charge >= 0.3 is 0 Å². The predicted molar refractivity (Wildman–Crippen MR) is 284 cm³/mol. The molecule has 13 aromatic rings. The van der Waals surface area contributed by atoms with Gasteiger partial charge in [-0.25, -0.2) is 4.98 Å². The number of aliphatic imine (C=N–C) groups is 1. The molecule has 308 valence electrons. The van der Waals surface area contributed by atoms with Crippen molar-refractivity contribution in [3.8, 4) is 33.5 Å². The fraction of sp³-hybridized carbons (Fsp3) is 0.0312. The fourth-order valence-electron chi connectivity index (χ4n) is 10.6. The number of aromatic nitrogens is 1. The lowest BCUT2D eigenvalue weighted by atomic mass is 9.88. The Bertz CT molecular complexity index is 4110. The molecule has 0 aliphatic heterocycles. The number of para-hydroxylation sites is 1. The van der Waals surface area contributed by atoms with Gasteiger partial charge in [-0.2, -0.15) is 0 Å². The SMILES string of the molecule is C/C(=N\c1ccccc1C)c1ccc(-c2cc3c(-c4ccc5c6ccccc6c6ccccc6c5c4)cc(-c4ccc5c6ccccc6c6ccccc6c5c4)nc3c3ccccc23)cc1. The van der Waals surface area contributed by atoms with Gasteiger partial charge in [-0.05, 0) is 148 Å². The lowest BCUT2D eigenvalue weighted by molar-refractivity contribution is 1.38. The summed E-state index contributed by atoms with van der Waals surface area (Å²) in [5.41, 5.74) is 11.9. The van der Waals surface area contributed by atoms with Crippen LogP contribution in [-0.4, -0.2) is 10.7 Å². The summed E-state index contributed by atoms with van der Waals surface area (Å²) in [4.78, 5) is 10.7. The number of aryl methyl sites for hydroxylation is 1. The molecule has 2 nitrogen and oxygen atoms in total. The van der Waals surface area contributed by atoms with Crippen LogP contribution in [0.4, 0.5) is 5.69 Å². The molecule has 1 heterocycles. The Hall–Kier alpha value is -8.46. The molecular weight excluding hydrogens is 797 g/mol. The molecule has 0 atom stereocenters. The summed E-state index contributed by atoms with van der Waals surface area (Å²) < 4.78 is 0. The molecule has 0 saturated carbocycles. The van der Waals surface area contributed by atoms with Gasteiger partial charge in [0, 0.05) is 22.0 Å². The maximum absolute atomic E-state index is 5.67. The van der Waals surface area contributed by atoms with Crippen LogP contribution in [0.5, 0.6) is 0 Å². The Labute approximate surface area is 382 Å². The smallest absolute Gasteiger partial charge is 0.0794 e. The van der Waals surface area contributed by atoms with E-state index in [1.54, 1.807) is 0 Å². The molecule has 0 unspecified atom stereocenters. The highest BCUT2D eigenvalue weighted by molar-refractivity contribution is 6.27. The lowest BCUT2D eigenvalue weighted by Gasteiger charge is -2.17. The molecule has 0 saturated heterocycles. The molecule has 12 aromatic carbocycles. The van der Waals surface area contributed by atoms with Crippen LogP contribution < -0.4 is 0 Å². The molecule has 0 amide bonds. The van der Waals surface area contributed by atoms with Gasteiger partial charge in [-0.15, -0.1) is 0 Å². The molecule has 1 aromatic heterocycles. The number of nitrogens with zero attached hydrogens (tertiary/aromatic N) is 2. The van der Waals surface area contributed by atoms with E-state index in [9.17, 15) is 0 Å². The third kappa shape index (κ3) is 6.03. The molecule has 0 aliphatic rings. The maximum Gasteiger partial charge on any atom is 0.0794 e. The van der Waals surface area contributed by atoms with Crippen molar-refractivity contribution in [3.63, 3.8) is 0 Å². The van der Waals surface area contributed by atoms with Gasteiger partial charge in [0.15, 0.2) is 0 Å². The highest BCUT2D eigenvalue weighted by atomic mass is 14.7. The van der Waals surface area contributed by atoms with Crippen LogP contribution in [0.2, 0.25) is 0 Å². The minimum atomic E-state index is 0.950. The molecule has 0 spiro atoms. The molecule has 0 aliphatic carbocycles. The number of benzene rings is 12. The topological polar surface area (TPSA) is 25.2 Å². The molecule has 0 radical (unpaired) electrons. The van der Waals surface area contributed by atoms with Gasteiger partial charge < -0.3 is 0 Å². The average Bonchev–Trinajstić information content (AvgIpc) is 3.38. The zero-order valence-electron chi connectivity index (χ0n) is 36.7. The summed E-state index contributed by atoms with van der Waals surface area (Å²) in [6.45, 7) is 4.21. The predicted octanol–water partition coefficient (Wildman–Crippen LogP) is 17.8. The van der Waals surface area contributed by atoms with E-state index in [4.69, 9.17) is 9.98 Å². The Morgan fingerprint density at radius 1 is 0.333 bits per heavy atom. The summed E-state index contributed by atoms with van der Waals surface area (Å²) in [6.07, 6.45) is 0. The summed E-state index contributed by atoms with van der Waals surface area (Å²) in [7, 11) is 0. The normalized spacial score (nSPS) is 12.2. The first kappa shape index (κ1) is 38.0. The van der Waals surface area contributed by atoms with Crippen LogP contribution in [0.1, 0.15) is 18.1 Å². The maximum atomic E-state index is 5.67. The van der Waals surface area contributed by atoms with Crippen molar-refractivity contribution in [2.45, 2.75) is 13.8 Å². The van der Waals surface area contributed by atoms with Crippen LogP contribution in [0.15, 0.2) is 223 Å². The highest BCUT2D eigenvalue weighted by Gasteiger charge is 2.19. The van der Waals surface area contributed by atoms with Crippen molar-refractivity contribution >= 4 is 97.7 Å². The molecular formula is C64H42N2. The Morgan fingerprint density at radius 3 is 1.29 bits per heavy atom. The second-order valence-corrected chi connectivity index (χ2v) is 17.7. The van der Waals surface area contributed by atoms with Crippen molar-refractivity contribution in [1.29, 1.82) is 0 Å². The number of hydrogen-bond donors (Lipinski definition) is 0. The zero-order chi connectivity index (χ0) is 43.9. The number of rotatable bonds is 5. The summed E-state index contributed by atoms with van der Waals surface area (Å²) in [5.74, 6) is 0. The number of fused-ring (bicyclic) bond motifs is 15. The van der Waals surface area contributed by atoms with Crippen LogP contribution in [0, 0.1) is 6.92 Å². The zero-order valence-corrected chi connectivity index (χ0v) is 36.7. The van der Waals surface area contributed by atoms with Gasteiger partial charge in [-0.3, -0.25) is 4.99 Å². The van der Waals surface area contributed by atoms with Gasteiger partial charge in [0.05, 0.1) is 16.9 Å². The van der Waals surface area contributed by atoms with E-state index in [2.05, 4.69) is 226 Å². The minimum absolute atomic E-state index is 0.950. The minimum Gasteiger partial charge on any atom is -0.253 e. The van der Waals surface area contributed by atoms with E-state index >= 15 is 0 Å². The summed E-state index contributed by atoms with van der Waals surface area (Å²) >= 11 is 0. The van der Waals surface area contributed by atoms with Crippen LogP contribution >= 0.6 is 0 Å². The van der Waals surface area contributed by atoms with Gasteiger partial charge in [-0.1, -0.05) is 188 Å². The molecule has 13 rings (SSSR count). The number of hydrogen-bond acceptors (Lipinski definition) is 2. The van der Waals surface area contributed by atoms with Crippen molar-refractivity contribution in [3.05, 3.63) is 230 Å². The molecule has 0 N–H and O–H groups in total. The largest absolute Gasteiger partial charge is 0.253 e. The van der Waals surface area contributed by atoms with E-state index in [1.165, 1.54) is 81.1 Å². The summed E-state index contributed by atoms with van der Waals surface area (Å²) in [6, 6.07) is 80.0. The Morgan fingerprint density at radius 2 is 0.742 bits per heavy atom. The molecule has 66 heavy (non-hydrogen) atoms. The van der Waals surface area contributed by atoms with Crippen molar-refractivity contribution in [2.24, 2.45) is 4.99 Å². The van der Waals surface area contributed by atoms with E-state index in [0.717, 1.165) is 61.2 Å². The van der Waals surface area contributed by atoms with Crippen LogP contribution in [-0.2, 0) is 0 Å². The van der Waals surface area contributed by atoms with Crippen molar-refractivity contribution < 1.29 is 0 Å². The Balaban J connectivity index is 1.07. The van der Waals surface area contributed by atoms with Crippen molar-refractivity contribution in [1.82, 2.24) is 4.98 Å². The van der Waals surface area contributed by atoms with Gasteiger partial charge in [0.1, 0.15) is 0 Å². The third-order valence-corrected chi connectivity index (χ3v) is 13.9. The van der Waals surface area contributed by atoms with E-state index < -0.39 is 0 Å². The summed E-state index contributed by atoms with van der Waals surface area (Å²) in [5, 5.41) is 18.5.